The lowest BCUT2D eigenvalue weighted by atomic mass is 9.69. The number of fused-ring (bicyclic) bond motifs is 1. The summed E-state index contributed by atoms with van der Waals surface area (Å²) in [7, 11) is 0. The van der Waals surface area contributed by atoms with E-state index >= 15 is 0 Å². The van der Waals surface area contributed by atoms with E-state index in [-0.39, 0.29) is 31.9 Å². The molecule has 0 bridgehead atoms. The Bertz CT molecular complexity index is 1040. The number of hydroxylamine groups is 2. The Balaban J connectivity index is 1.94. The third-order valence-electron chi connectivity index (χ3n) is 7.44. The van der Waals surface area contributed by atoms with Crippen LogP contribution in [-0.2, 0) is 33.5 Å². The van der Waals surface area contributed by atoms with Gasteiger partial charge < -0.3 is 14.5 Å². The third-order valence-corrected chi connectivity index (χ3v) is 7.44. The van der Waals surface area contributed by atoms with Crippen LogP contribution in [0, 0.1) is 11.3 Å². The summed E-state index contributed by atoms with van der Waals surface area (Å²) in [6.07, 6.45) is 11.0. The second-order valence-corrected chi connectivity index (χ2v) is 10.5. The number of ether oxygens (including phenoxy) is 1. The van der Waals surface area contributed by atoms with Crippen molar-refractivity contribution in [1.82, 2.24) is 9.96 Å². The summed E-state index contributed by atoms with van der Waals surface area (Å²) < 4.78 is 5.51. The quantitative estimate of drug-likeness (QED) is 0.233. The van der Waals surface area contributed by atoms with E-state index in [1.807, 2.05) is 19.1 Å². The topological polar surface area (TPSA) is 110 Å². The van der Waals surface area contributed by atoms with Crippen LogP contribution in [0.2, 0.25) is 0 Å². The van der Waals surface area contributed by atoms with Crippen molar-refractivity contribution in [3.63, 3.8) is 0 Å². The second kappa shape index (κ2) is 13.0. The number of esters is 1. The first-order valence-corrected chi connectivity index (χ1v) is 13.7. The van der Waals surface area contributed by atoms with Gasteiger partial charge >= 0.3 is 11.9 Å². The molecule has 0 N–H and O–H groups in total. The van der Waals surface area contributed by atoms with Gasteiger partial charge in [-0.1, -0.05) is 42.2 Å². The van der Waals surface area contributed by atoms with Gasteiger partial charge in [-0.3, -0.25) is 19.2 Å². The highest BCUT2D eigenvalue weighted by Crippen LogP contribution is 2.52. The van der Waals surface area contributed by atoms with Crippen molar-refractivity contribution in [3.05, 3.63) is 35.1 Å². The van der Waals surface area contributed by atoms with Crippen molar-refractivity contribution in [2.24, 2.45) is 11.3 Å². The molecule has 0 spiro atoms. The fourth-order valence-electron chi connectivity index (χ4n) is 5.46. The average molecular weight is 529 g/mol. The number of hydrogen-bond donors (Lipinski definition) is 0. The zero-order valence-electron chi connectivity index (χ0n) is 23.0. The molecule has 9 heteroatoms. The van der Waals surface area contributed by atoms with Gasteiger partial charge in [0.1, 0.15) is 5.41 Å². The van der Waals surface area contributed by atoms with E-state index in [0.29, 0.717) is 30.0 Å². The van der Waals surface area contributed by atoms with Crippen LogP contribution in [0.3, 0.4) is 0 Å². The first-order chi connectivity index (χ1) is 18.1. The van der Waals surface area contributed by atoms with Gasteiger partial charge in [-0.05, 0) is 59.8 Å². The summed E-state index contributed by atoms with van der Waals surface area (Å²) in [6.45, 7) is 8.25. The highest BCUT2D eigenvalue weighted by molar-refractivity contribution is 6.02. The summed E-state index contributed by atoms with van der Waals surface area (Å²) in [4.78, 5) is 71.1. The zero-order chi connectivity index (χ0) is 27.9. The molecule has 0 aromatic heterocycles. The number of imide groups is 1. The number of nitrogens with zero attached hydrogens (tertiary/aromatic N) is 2. The molecular weight excluding hydrogens is 488 g/mol. The van der Waals surface area contributed by atoms with E-state index in [1.165, 1.54) is 5.57 Å². The summed E-state index contributed by atoms with van der Waals surface area (Å²) in [6, 6.07) is 0. The molecule has 3 aliphatic rings. The minimum absolute atomic E-state index is 0.0266. The standard InChI is InChI=1S/C29H40N2O7/c1-5-37-28(36)29-17-9-7-6-8-13-23(29)30(18-16-21(4)12-10-11-20(2)3)27(35)22(29)19-26(34)38-31-24(32)14-15-25(31)33/h11,13,16,22H,5-10,12,14-15,17-19H2,1-4H3/b21-16+,23-13+/t22-,29?/m1/s1. The maximum Gasteiger partial charge on any atom is 0.334 e. The highest BCUT2D eigenvalue weighted by Gasteiger charge is 2.61. The number of amides is 3. The Morgan fingerprint density at radius 3 is 2.42 bits per heavy atom. The van der Waals surface area contributed by atoms with Crippen LogP contribution in [0.15, 0.2) is 35.1 Å². The van der Waals surface area contributed by atoms with Gasteiger partial charge in [0.15, 0.2) is 0 Å². The molecule has 2 fully saturated rings. The van der Waals surface area contributed by atoms with Gasteiger partial charge in [-0.15, -0.1) is 5.06 Å². The summed E-state index contributed by atoms with van der Waals surface area (Å²) in [5, 5.41) is 0.476. The molecule has 2 heterocycles. The van der Waals surface area contributed by atoms with Crippen LogP contribution < -0.4 is 0 Å². The third kappa shape index (κ3) is 6.42. The average Bonchev–Trinajstić information content (AvgIpc) is 3.26. The lowest BCUT2D eigenvalue weighted by Gasteiger charge is -2.34. The molecule has 208 valence electrons. The largest absolute Gasteiger partial charge is 0.465 e. The normalized spacial score (nSPS) is 25.4. The molecule has 1 aliphatic carbocycles. The molecule has 3 amide bonds. The number of carbonyl (C=O) groups is 5. The number of carbonyl (C=O) groups excluding carboxylic acids is 5. The van der Waals surface area contributed by atoms with E-state index in [1.54, 1.807) is 11.8 Å². The van der Waals surface area contributed by atoms with Crippen LogP contribution in [0.25, 0.3) is 0 Å². The summed E-state index contributed by atoms with van der Waals surface area (Å²) in [5.74, 6) is -4.01. The Hall–Kier alpha value is -3.23. The van der Waals surface area contributed by atoms with Crippen LogP contribution in [0.1, 0.15) is 91.9 Å². The lowest BCUT2D eigenvalue weighted by Crippen LogP contribution is -2.42. The van der Waals surface area contributed by atoms with E-state index in [9.17, 15) is 24.0 Å². The van der Waals surface area contributed by atoms with Crippen molar-refractivity contribution >= 4 is 29.7 Å². The fraction of sp³-hybridized carbons (Fsp3) is 0.621. The van der Waals surface area contributed by atoms with Gasteiger partial charge in [0.25, 0.3) is 11.8 Å². The first-order valence-electron chi connectivity index (χ1n) is 13.7. The number of allylic oxidation sites excluding steroid dienone is 4. The molecule has 38 heavy (non-hydrogen) atoms. The zero-order valence-corrected chi connectivity index (χ0v) is 23.0. The van der Waals surface area contributed by atoms with Crippen molar-refractivity contribution in [1.29, 1.82) is 0 Å². The van der Waals surface area contributed by atoms with Gasteiger partial charge in [-0.2, -0.15) is 0 Å². The van der Waals surface area contributed by atoms with Crippen molar-refractivity contribution in [2.45, 2.75) is 91.9 Å². The van der Waals surface area contributed by atoms with Gasteiger partial charge in [0, 0.05) is 25.1 Å². The Morgan fingerprint density at radius 2 is 1.76 bits per heavy atom. The van der Waals surface area contributed by atoms with Gasteiger partial charge in [0.2, 0.25) is 5.91 Å². The van der Waals surface area contributed by atoms with E-state index < -0.39 is 41.5 Å². The maximum atomic E-state index is 13.9. The smallest absolute Gasteiger partial charge is 0.334 e. The van der Waals surface area contributed by atoms with E-state index in [0.717, 1.165) is 31.3 Å². The van der Waals surface area contributed by atoms with Crippen LogP contribution in [0.5, 0.6) is 0 Å². The minimum atomic E-state index is -1.32. The molecule has 0 aromatic carbocycles. The summed E-state index contributed by atoms with van der Waals surface area (Å²) >= 11 is 0. The summed E-state index contributed by atoms with van der Waals surface area (Å²) in [5.41, 5.74) is 1.63. The van der Waals surface area contributed by atoms with Crippen molar-refractivity contribution in [2.75, 3.05) is 13.2 Å². The Labute approximate surface area is 224 Å². The first kappa shape index (κ1) is 29.3. The maximum absolute atomic E-state index is 13.9. The monoisotopic (exact) mass is 528 g/mol. The molecule has 2 atom stereocenters. The molecule has 0 radical (unpaired) electrons. The van der Waals surface area contributed by atoms with E-state index in [2.05, 4.69) is 19.9 Å². The van der Waals surface area contributed by atoms with Crippen LogP contribution in [0.4, 0.5) is 0 Å². The van der Waals surface area contributed by atoms with Gasteiger partial charge in [0.05, 0.1) is 18.9 Å². The molecular formula is C29H40N2O7. The molecule has 2 aliphatic heterocycles. The fourth-order valence-corrected chi connectivity index (χ4v) is 5.46. The second-order valence-electron chi connectivity index (χ2n) is 10.5. The number of likely N-dealkylation sites (tertiary alicyclic amines) is 1. The molecule has 9 nitrogen and oxygen atoms in total. The molecule has 0 aromatic rings. The van der Waals surface area contributed by atoms with Crippen LogP contribution >= 0.6 is 0 Å². The predicted octanol–water partition coefficient (Wildman–Crippen LogP) is 4.53. The molecule has 1 unspecified atom stereocenters. The van der Waals surface area contributed by atoms with Gasteiger partial charge in [-0.25, -0.2) is 4.79 Å². The van der Waals surface area contributed by atoms with Crippen molar-refractivity contribution < 1.29 is 33.5 Å². The SMILES string of the molecule is CCOC(=O)C12CCCCC/C=C\1N(C/C=C(\C)CCC=C(C)C)C(=O)[C@H]2CC(=O)ON1C(=O)CCC1=O. The predicted molar refractivity (Wildman–Crippen MR) is 140 cm³/mol. The molecule has 0 saturated carbocycles. The number of hydrogen-bond acceptors (Lipinski definition) is 7. The van der Waals surface area contributed by atoms with Crippen LogP contribution in [-0.4, -0.2) is 52.8 Å². The Morgan fingerprint density at radius 1 is 1.05 bits per heavy atom. The van der Waals surface area contributed by atoms with Crippen molar-refractivity contribution in [3.8, 4) is 0 Å². The highest BCUT2D eigenvalue weighted by atomic mass is 16.7. The number of rotatable bonds is 10. The molecule has 3 rings (SSSR count). The Kier molecular flexibility index (Phi) is 10.1. The minimum Gasteiger partial charge on any atom is -0.465 e. The van der Waals surface area contributed by atoms with E-state index in [4.69, 9.17) is 9.57 Å². The lowest BCUT2D eigenvalue weighted by molar-refractivity contribution is -0.199. The molecule has 2 saturated heterocycles.